The molecule has 0 saturated heterocycles. The van der Waals surface area contributed by atoms with Crippen LogP contribution in [0.3, 0.4) is 0 Å². The highest BCUT2D eigenvalue weighted by Crippen LogP contribution is 2.34. The molecule has 4 nitrogen and oxygen atoms in total. The molecule has 0 bridgehead atoms. The van der Waals surface area contributed by atoms with Crippen LogP contribution in [0.15, 0.2) is 48.5 Å². The SMILES string of the molecule is COC[C@@H](COc1ccccc1)Oc1ccc(C#N)c(C(F)(F)F)c1. The highest BCUT2D eigenvalue weighted by molar-refractivity contribution is 5.44. The summed E-state index contributed by atoms with van der Waals surface area (Å²) in [6.07, 6.45) is -5.25. The molecular formula is C18H16F3NO3. The summed E-state index contributed by atoms with van der Waals surface area (Å²) in [7, 11) is 1.46. The Morgan fingerprint density at radius 3 is 2.36 bits per heavy atom. The first-order chi connectivity index (χ1) is 11.9. The van der Waals surface area contributed by atoms with E-state index in [1.165, 1.54) is 19.2 Å². The molecule has 0 aliphatic carbocycles. The Morgan fingerprint density at radius 1 is 1.04 bits per heavy atom. The predicted molar refractivity (Wildman–Crippen MR) is 84.4 cm³/mol. The van der Waals surface area contributed by atoms with Crippen molar-refractivity contribution in [1.82, 2.24) is 0 Å². The molecule has 25 heavy (non-hydrogen) atoms. The van der Waals surface area contributed by atoms with Crippen molar-refractivity contribution >= 4 is 0 Å². The van der Waals surface area contributed by atoms with E-state index in [-0.39, 0.29) is 19.0 Å². The smallest absolute Gasteiger partial charge is 0.417 e. The first-order valence-corrected chi connectivity index (χ1v) is 7.39. The third-order valence-corrected chi connectivity index (χ3v) is 3.25. The predicted octanol–water partition coefficient (Wildman–Crippen LogP) is 4.05. The zero-order valence-electron chi connectivity index (χ0n) is 13.4. The number of methoxy groups -OCH3 is 1. The lowest BCUT2D eigenvalue weighted by Crippen LogP contribution is -2.29. The molecule has 0 amide bonds. The molecule has 2 rings (SSSR count). The van der Waals surface area contributed by atoms with Crippen LogP contribution >= 0.6 is 0 Å². The molecule has 0 spiro atoms. The van der Waals surface area contributed by atoms with Crippen molar-refractivity contribution in [2.75, 3.05) is 20.3 Å². The van der Waals surface area contributed by atoms with Crippen LogP contribution < -0.4 is 9.47 Å². The van der Waals surface area contributed by atoms with Crippen LogP contribution in [0, 0.1) is 11.3 Å². The molecule has 132 valence electrons. The number of rotatable bonds is 7. The van der Waals surface area contributed by atoms with Crippen molar-refractivity contribution in [1.29, 1.82) is 5.26 Å². The molecule has 2 aromatic carbocycles. The Bertz CT molecular complexity index is 727. The van der Waals surface area contributed by atoms with Crippen LogP contribution in [0.5, 0.6) is 11.5 Å². The molecule has 1 atom stereocenters. The van der Waals surface area contributed by atoms with E-state index in [9.17, 15) is 13.2 Å². The first kappa shape index (κ1) is 18.6. The fourth-order valence-corrected chi connectivity index (χ4v) is 2.13. The van der Waals surface area contributed by atoms with E-state index in [1.807, 2.05) is 6.07 Å². The number of halogens is 3. The summed E-state index contributed by atoms with van der Waals surface area (Å²) in [5.41, 5.74) is -1.49. The van der Waals surface area contributed by atoms with Crippen LogP contribution in [-0.4, -0.2) is 26.4 Å². The zero-order valence-corrected chi connectivity index (χ0v) is 13.4. The molecule has 7 heteroatoms. The average molecular weight is 351 g/mol. The van der Waals surface area contributed by atoms with E-state index in [4.69, 9.17) is 19.5 Å². The monoisotopic (exact) mass is 351 g/mol. The third kappa shape index (κ3) is 5.40. The van der Waals surface area contributed by atoms with Gasteiger partial charge in [-0.2, -0.15) is 18.4 Å². The van der Waals surface area contributed by atoms with Crippen molar-refractivity contribution in [3.8, 4) is 17.6 Å². The second-order valence-corrected chi connectivity index (χ2v) is 5.14. The molecule has 0 radical (unpaired) electrons. The van der Waals surface area contributed by atoms with Crippen LogP contribution in [0.1, 0.15) is 11.1 Å². The van der Waals surface area contributed by atoms with Crippen LogP contribution in [0.2, 0.25) is 0 Å². The summed E-state index contributed by atoms with van der Waals surface area (Å²) in [4.78, 5) is 0. The summed E-state index contributed by atoms with van der Waals surface area (Å²) in [5.74, 6) is 0.605. The number of alkyl halides is 3. The Labute approximate surface area is 143 Å². The van der Waals surface area contributed by atoms with Gasteiger partial charge in [-0.15, -0.1) is 0 Å². The second kappa shape index (κ2) is 8.40. The van der Waals surface area contributed by atoms with Crippen LogP contribution in [0.25, 0.3) is 0 Å². The van der Waals surface area contributed by atoms with Crippen LogP contribution in [0.4, 0.5) is 13.2 Å². The molecule has 0 heterocycles. The number of hydrogen-bond acceptors (Lipinski definition) is 4. The Morgan fingerprint density at radius 2 is 1.76 bits per heavy atom. The maximum Gasteiger partial charge on any atom is 0.417 e. The van der Waals surface area contributed by atoms with E-state index in [1.54, 1.807) is 24.3 Å². The van der Waals surface area contributed by atoms with E-state index in [0.29, 0.717) is 5.75 Å². The highest BCUT2D eigenvalue weighted by atomic mass is 19.4. The molecule has 2 aromatic rings. The minimum absolute atomic E-state index is 0.00923. The lowest BCUT2D eigenvalue weighted by Gasteiger charge is -2.20. The van der Waals surface area contributed by atoms with Crippen LogP contribution in [-0.2, 0) is 10.9 Å². The maximum absolute atomic E-state index is 13.0. The van der Waals surface area contributed by atoms with Gasteiger partial charge in [0.15, 0.2) is 6.10 Å². The van der Waals surface area contributed by atoms with Gasteiger partial charge in [0.25, 0.3) is 0 Å². The fraction of sp³-hybridized carbons (Fsp3) is 0.278. The molecule has 0 aliphatic heterocycles. The minimum atomic E-state index is -4.64. The van der Waals surface area contributed by atoms with E-state index >= 15 is 0 Å². The standard InChI is InChI=1S/C18H16F3NO3/c1-23-11-16(12-24-14-5-3-2-4-6-14)25-15-8-7-13(10-22)17(9-15)18(19,20)21/h2-9,16H,11-12H2,1H3/t16-/m0/s1. The molecule has 0 N–H and O–H groups in total. The van der Waals surface area contributed by atoms with E-state index in [2.05, 4.69) is 0 Å². The number of nitriles is 1. The summed E-state index contributed by atoms with van der Waals surface area (Å²) in [6.45, 7) is 0.230. The maximum atomic E-state index is 13.0. The molecule has 0 aliphatic rings. The van der Waals surface area contributed by atoms with Gasteiger partial charge in [-0.3, -0.25) is 0 Å². The molecule has 0 saturated carbocycles. The largest absolute Gasteiger partial charge is 0.490 e. The van der Waals surface area contributed by atoms with Crippen molar-refractivity contribution < 1.29 is 27.4 Å². The van der Waals surface area contributed by atoms with Crippen molar-refractivity contribution in [2.24, 2.45) is 0 Å². The number of hydrogen-bond donors (Lipinski definition) is 0. The molecule has 0 fully saturated rings. The van der Waals surface area contributed by atoms with Gasteiger partial charge >= 0.3 is 6.18 Å². The Kier molecular flexibility index (Phi) is 6.25. The van der Waals surface area contributed by atoms with E-state index < -0.39 is 23.4 Å². The summed E-state index contributed by atoms with van der Waals surface area (Å²) < 4.78 is 55.2. The molecular weight excluding hydrogens is 335 g/mol. The van der Waals surface area contributed by atoms with Gasteiger partial charge in [0.2, 0.25) is 0 Å². The van der Waals surface area contributed by atoms with Gasteiger partial charge in [0.05, 0.1) is 23.8 Å². The summed E-state index contributed by atoms with van der Waals surface area (Å²) in [5, 5.41) is 8.82. The number of nitrogens with zero attached hydrogens (tertiary/aromatic N) is 1. The van der Waals surface area contributed by atoms with Gasteiger partial charge in [0, 0.05) is 7.11 Å². The highest BCUT2D eigenvalue weighted by Gasteiger charge is 2.34. The topological polar surface area (TPSA) is 51.5 Å². The first-order valence-electron chi connectivity index (χ1n) is 7.39. The summed E-state index contributed by atoms with van der Waals surface area (Å²) >= 11 is 0. The number of benzene rings is 2. The van der Waals surface area contributed by atoms with Gasteiger partial charge < -0.3 is 14.2 Å². The van der Waals surface area contributed by atoms with Gasteiger partial charge in [-0.05, 0) is 30.3 Å². The third-order valence-electron chi connectivity index (χ3n) is 3.25. The van der Waals surface area contributed by atoms with Gasteiger partial charge in [-0.1, -0.05) is 18.2 Å². The molecule has 0 aromatic heterocycles. The number of para-hydroxylation sites is 1. The van der Waals surface area contributed by atoms with Crippen molar-refractivity contribution in [3.63, 3.8) is 0 Å². The van der Waals surface area contributed by atoms with Gasteiger partial charge in [-0.25, -0.2) is 0 Å². The van der Waals surface area contributed by atoms with Crippen molar-refractivity contribution in [2.45, 2.75) is 12.3 Å². The quantitative estimate of drug-likeness (QED) is 0.755. The lowest BCUT2D eigenvalue weighted by molar-refractivity contribution is -0.137. The number of ether oxygens (including phenoxy) is 3. The average Bonchev–Trinajstić information content (AvgIpc) is 2.60. The minimum Gasteiger partial charge on any atom is -0.490 e. The zero-order chi connectivity index (χ0) is 18.3. The Hall–Kier alpha value is -2.72. The van der Waals surface area contributed by atoms with Gasteiger partial charge in [0.1, 0.15) is 18.1 Å². The lowest BCUT2D eigenvalue weighted by atomic mass is 10.1. The molecule has 0 unspecified atom stereocenters. The second-order valence-electron chi connectivity index (χ2n) is 5.14. The normalized spacial score (nSPS) is 12.3. The summed E-state index contributed by atoms with van der Waals surface area (Å²) in [6, 6.07) is 13.7. The van der Waals surface area contributed by atoms with Crippen molar-refractivity contribution in [3.05, 3.63) is 59.7 Å². The van der Waals surface area contributed by atoms with E-state index in [0.717, 1.165) is 12.1 Å². The fourth-order valence-electron chi connectivity index (χ4n) is 2.13. The Balaban J connectivity index is 2.12.